The Morgan fingerprint density at radius 3 is 2.96 bits per heavy atom. The smallest absolute Gasteiger partial charge is 0.317 e. The lowest BCUT2D eigenvalue weighted by Crippen LogP contribution is -2.68. The Morgan fingerprint density at radius 1 is 1.44 bits per heavy atom. The van der Waals surface area contributed by atoms with Crippen molar-refractivity contribution in [1.29, 1.82) is 0 Å². The number of amides is 2. The highest BCUT2D eigenvalue weighted by molar-refractivity contribution is 5.74. The van der Waals surface area contributed by atoms with Crippen LogP contribution in [-0.4, -0.2) is 51.3 Å². The van der Waals surface area contributed by atoms with Gasteiger partial charge in [-0.25, -0.2) is 14.8 Å². The second-order valence-corrected chi connectivity index (χ2v) is 7.51. The van der Waals surface area contributed by atoms with Crippen LogP contribution in [0.1, 0.15) is 38.2 Å². The second kappa shape index (κ2) is 7.31. The van der Waals surface area contributed by atoms with Crippen molar-refractivity contribution in [1.82, 2.24) is 24.8 Å². The molecule has 0 saturated heterocycles. The van der Waals surface area contributed by atoms with Crippen LogP contribution in [0.2, 0.25) is 0 Å². The topological polar surface area (TPSA) is 72.3 Å². The number of pyridine rings is 1. The molecule has 0 radical (unpaired) electrons. The van der Waals surface area contributed by atoms with Gasteiger partial charge in [0.25, 0.3) is 0 Å². The largest absolute Gasteiger partial charge is 0.378 e. The van der Waals surface area contributed by atoms with Crippen LogP contribution >= 0.6 is 0 Å². The van der Waals surface area contributed by atoms with E-state index in [2.05, 4.69) is 15.3 Å². The minimum absolute atomic E-state index is 0.0401. The Morgan fingerprint density at radius 2 is 2.30 bits per heavy atom. The summed E-state index contributed by atoms with van der Waals surface area (Å²) in [7, 11) is 1.91. The van der Waals surface area contributed by atoms with Gasteiger partial charge in [0.05, 0.1) is 6.10 Å². The van der Waals surface area contributed by atoms with Gasteiger partial charge in [-0.15, -0.1) is 0 Å². The SMILES string of the molecule is CCOC1CC(N(C)C(=O)NCc2cccnc2-n2ccnc2)C12CCC2. The summed E-state index contributed by atoms with van der Waals surface area (Å²) in [5.74, 6) is 0.786. The Kier molecular flexibility index (Phi) is 4.86. The van der Waals surface area contributed by atoms with Crippen LogP contribution < -0.4 is 5.32 Å². The van der Waals surface area contributed by atoms with Gasteiger partial charge in [0.2, 0.25) is 0 Å². The zero-order valence-electron chi connectivity index (χ0n) is 16.0. The quantitative estimate of drug-likeness (QED) is 0.850. The molecular formula is C20H27N5O2. The maximum atomic E-state index is 12.8. The second-order valence-electron chi connectivity index (χ2n) is 7.51. The number of imidazole rings is 1. The molecule has 2 heterocycles. The number of urea groups is 1. The number of nitrogens with zero attached hydrogens (tertiary/aromatic N) is 4. The Bertz CT molecular complexity index is 787. The van der Waals surface area contributed by atoms with Gasteiger partial charge in [-0.05, 0) is 32.3 Å². The molecule has 7 heteroatoms. The van der Waals surface area contributed by atoms with E-state index in [0.717, 1.165) is 37.3 Å². The lowest BCUT2D eigenvalue weighted by Gasteiger charge is -2.63. The summed E-state index contributed by atoms with van der Waals surface area (Å²) < 4.78 is 7.76. The fourth-order valence-corrected chi connectivity index (χ4v) is 4.57. The van der Waals surface area contributed by atoms with Crippen LogP contribution in [0.25, 0.3) is 5.82 Å². The van der Waals surface area contributed by atoms with E-state index in [-0.39, 0.29) is 17.5 Å². The number of hydrogen-bond donors (Lipinski definition) is 1. The van der Waals surface area contributed by atoms with E-state index < -0.39 is 0 Å². The van der Waals surface area contributed by atoms with Crippen molar-refractivity contribution in [3.05, 3.63) is 42.6 Å². The van der Waals surface area contributed by atoms with Gasteiger partial charge in [-0.1, -0.05) is 12.5 Å². The molecule has 2 aromatic rings. The normalized spacial score (nSPS) is 22.7. The summed E-state index contributed by atoms with van der Waals surface area (Å²) in [6, 6.07) is 4.09. The maximum Gasteiger partial charge on any atom is 0.317 e. The zero-order valence-corrected chi connectivity index (χ0v) is 16.0. The molecule has 1 N–H and O–H groups in total. The predicted octanol–water partition coefficient (Wildman–Crippen LogP) is 2.76. The molecular weight excluding hydrogens is 342 g/mol. The molecule has 0 aliphatic heterocycles. The van der Waals surface area contributed by atoms with Gasteiger partial charge in [-0.2, -0.15) is 0 Å². The molecule has 2 saturated carbocycles. The molecule has 1 spiro atoms. The minimum Gasteiger partial charge on any atom is -0.378 e. The minimum atomic E-state index is -0.0401. The van der Waals surface area contributed by atoms with Crippen molar-refractivity contribution in [2.24, 2.45) is 5.41 Å². The highest BCUT2D eigenvalue weighted by Crippen LogP contribution is 2.58. The fourth-order valence-electron chi connectivity index (χ4n) is 4.57. The molecule has 27 heavy (non-hydrogen) atoms. The maximum absolute atomic E-state index is 12.8. The molecule has 2 unspecified atom stereocenters. The summed E-state index contributed by atoms with van der Waals surface area (Å²) >= 11 is 0. The zero-order chi connectivity index (χ0) is 18.9. The summed E-state index contributed by atoms with van der Waals surface area (Å²) in [6.07, 6.45) is 11.8. The van der Waals surface area contributed by atoms with Gasteiger partial charge < -0.3 is 15.0 Å². The third-order valence-corrected chi connectivity index (χ3v) is 6.23. The van der Waals surface area contributed by atoms with Crippen LogP contribution in [0.4, 0.5) is 4.79 Å². The van der Waals surface area contributed by atoms with E-state index in [4.69, 9.17) is 4.74 Å². The molecule has 4 rings (SSSR count). The van der Waals surface area contributed by atoms with Gasteiger partial charge in [-0.3, -0.25) is 4.57 Å². The molecule has 0 aromatic carbocycles. The van der Waals surface area contributed by atoms with Crippen molar-refractivity contribution in [3.63, 3.8) is 0 Å². The average Bonchev–Trinajstić information content (AvgIpc) is 3.15. The Hall–Kier alpha value is -2.41. The van der Waals surface area contributed by atoms with E-state index in [9.17, 15) is 4.79 Å². The lowest BCUT2D eigenvalue weighted by molar-refractivity contribution is -0.191. The molecule has 7 nitrogen and oxygen atoms in total. The van der Waals surface area contributed by atoms with Crippen molar-refractivity contribution in [2.75, 3.05) is 13.7 Å². The van der Waals surface area contributed by atoms with E-state index >= 15 is 0 Å². The molecule has 2 aliphatic carbocycles. The summed E-state index contributed by atoms with van der Waals surface area (Å²) in [5, 5.41) is 3.06. The standard InChI is InChI=1S/C20H27N5O2/c1-3-27-17-12-16(20(17)7-5-8-20)24(2)19(26)23-13-15-6-4-9-22-18(15)25-11-10-21-14-25/h4,6,9-11,14,16-17H,3,5,7-8,12-13H2,1-2H3,(H,23,26). The number of ether oxygens (including phenoxy) is 1. The molecule has 2 aliphatic rings. The average molecular weight is 369 g/mol. The highest BCUT2D eigenvalue weighted by Gasteiger charge is 2.60. The molecule has 2 atom stereocenters. The van der Waals surface area contributed by atoms with E-state index in [1.54, 1.807) is 18.7 Å². The first-order chi connectivity index (χ1) is 13.2. The monoisotopic (exact) mass is 369 g/mol. The first kappa shape index (κ1) is 18.0. The van der Waals surface area contributed by atoms with Crippen molar-refractivity contribution in [3.8, 4) is 5.82 Å². The first-order valence-electron chi connectivity index (χ1n) is 9.70. The summed E-state index contributed by atoms with van der Waals surface area (Å²) in [4.78, 5) is 23.2. The number of nitrogens with one attached hydrogen (secondary N) is 1. The van der Waals surface area contributed by atoms with Crippen LogP contribution in [0.5, 0.6) is 0 Å². The van der Waals surface area contributed by atoms with E-state index in [1.165, 1.54) is 6.42 Å². The molecule has 144 valence electrons. The fraction of sp³-hybridized carbons (Fsp3) is 0.550. The van der Waals surface area contributed by atoms with Crippen LogP contribution in [-0.2, 0) is 11.3 Å². The number of aromatic nitrogens is 3. The lowest BCUT2D eigenvalue weighted by atomic mass is 9.50. The van der Waals surface area contributed by atoms with Crippen molar-refractivity contribution in [2.45, 2.75) is 51.3 Å². The predicted molar refractivity (Wildman–Crippen MR) is 101 cm³/mol. The van der Waals surface area contributed by atoms with Gasteiger partial charge in [0.15, 0.2) is 0 Å². The summed E-state index contributed by atoms with van der Waals surface area (Å²) in [5.41, 5.74) is 1.13. The Balaban J connectivity index is 1.39. The van der Waals surface area contributed by atoms with Crippen molar-refractivity contribution >= 4 is 6.03 Å². The number of rotatable bonds is 6. The number of carbonyl (C=O) groups excluding carboxylic acids is 1. The van der Waals surface area contributed by atoms with Crippen LogP contribution in [0.15, 0.2) is 37.1 Å². The molecule has 2 aromatic heterocycles. The van der Waals surface area contributed by atoms with Crippen LogP contribution in [0.3, 0.4) is 0 Å². The summed E-state index contributed by atoms with van der Waals surface area (Å²) in [6.45, 7) is 3.22. The molecule has 2 amide bonds. The molecule has 0 bridgehead atoms. The number of hydrogen-bond acceptors (Lipinski definition) is 4. The highest BCUT2D eigenvalue weighted by atomic mass is 16.5. The Labute approximate surface area is 159 Å². The third-order valence-electron chi connectivity index (χ3n) is 6.23. The van der Waals surface area contributed by atoms with E-state index in [0.29, 0.717) is 12.6 Å². The van der Waals surface area contributed by atoms with Gasteiger partial charge >= 0.3 is 6.03 Å². The first-order valence-corrected chi connectivity index (χ1v) is 9.70. The molecule has 2 fully saturated rings. The van der Waals surface area contributed by atoms with E-state index in [1.807, 2.05) is 41.8 Å². The number of carbonyl (C=O) groups is 1. The van der Waals surface area contributed by atoms with Gasteiger partial charge in [0.1, 0.15) is 12.1 Å². The van der Waals surface area contributed by atoms with Crippen LogP contribution in [0, 0.1) is 5.41 Å². The van der Waals surface area contributed by atoms with Crippen molar-refractivity contribution < 1.29 is 9.53 Å². The van der Waals surface area contributed by atoms with Gasteiger partial charge in [0, 0.05) is 55.8 Å². The third kappa shape index (κ3) is 3.10.